The number of amides is 2. The van der Waals surface area contributed by atoms with Crippen molar-refractivity contribution in [2.45, 2.75) is 43.7 Å². The summed E-state index contributed by atoms with van der Waals surface area (Å²) in [7, 11) is 0. The Kier molecular flexibility index (Phi) is 3.51. The molecule has 1 aliphatic heterocycles. The van der Waals surface area contributed by atoms with E-state index in [4.69, 9.17) is 4.74 Å². The Bertz CT molecular complexity index is 307. The highest BCUT2D eigenvalue weighted by molar-refractivity contribution is 5.86. The van der Waals surface area contributed by atoms with Gasteiger partial charge in [-0.1, -0.05) is 12.8 Å². The van der Waals surface area contributed by atoms with Crippen LogP contribution in [0, 0.1) is 0 Å². The molecule has 6 heteroatoms. The third-order valence-corrected chi connectivity index (χ3v) is 3.48. The van der Waals surface area contributed by atoms with Crippen molar-refractivity contribution < 1.29 is 19.4 Å². The molecule has 6 nitrogen and oxygen atoms in total. The van der Waals surface area contributed by atoms with E-state index in [0.29, 0.717) is 26.1 Å². The van der Waals surface area contributed by atoms with Gasteiger partial charge in [0.15, 0.2) is 0 Å². The standard InChI is InChI=1S/C11H18N2O4/c14-9(15)11(4-1-2-5-11)13-10(16)12-8-3-6-17-7-8/h8H,1-7H2,(H,14,15)(H2,12,13,16). The van der Waals surface area contributed by atoms with E-state index in [1.807, 2.05) is 0 Å². The molecule has 0 aromatic heterocycles. The zero-order valence-corrected chi connectivity index (χ0v) is 9.70. The van der Waals surface area contributed by atoms with Gasteiger partial charge in [-0.3, -0.25) is 0 Å². The largest absolute Gasteiger partial charge is 0.480 e. The van der Waals surface area contributed by atoms with E-state index in [1.165, 1.54) is 0 Å². The average Bonchev–Trinajstić information content (AvgIpc) is 2.89. The number of rotatable bonds is 3. The molecule has 0 aromatic rings. The van der Waals surface area contributed by atoms with Crippen LogP contribution in [0.2, 0.25) is 0 Å². The van der Waals surface area contributed by atoms with Crippen molar-refractivity contribution in [2.75, 3.05) is 13.2 Å². The van der Waals surface area contributed by atoms with E-state index in [0.717, 1.165) is 19.3 Å². The molecule has 0 bridgehead atoms. The predicted octanol–water partition coefficient (Wildman–Crippen LogP) is 0.472. The molecular weight excluding hydrogens is 224 g/mol. The number of carboxylic acids is 1. The zero-order chi connectivity index (χ0) is 12.3. The van der Waals surface area contributed by atoms with E-state index < -0.39 is 17.5 Å². The zero-order valence-electron chi connectivity index (χ0n) is 9.70. The van der Waals surface area contributed by atoms with Gasteiger partial charge < -0.3 is 20.5 Å². The lowest BCUT2D eigenvalue weighted by Gasteiger charge is -2.26. The second kappa shape index (κ2) is 4.91. The number of urea groups is 1. The molecule has 3 N–H and O–H groups in total. The Morgan fingerprint density at radius 1 is 1.29 bits per heavy atom. The van der Waals surface area contributed by atoms with Crippen molar-refractivity contribution in [1.82, 2.24) is 10.6 Å². The molecule has 1 saturated heterocycles. The lowest BCUT2D eigenvalue weighted by Crippen LogP contribution is -2.57. The highest BCUT2D eigenvalue weighted by atomic mass is 16.5. The molecule has 2 rings (SSSR count). The van der Waals surface area contributed by atoms with E-state index in [1.54, 1.807) is 0 Å². The van der Waals surface area contributed by atoms with Crippen LogP contribution in [0.3, 0.4) is 0 Å². The van der Waals surface area contributed by atoms with Gasteiger partial charge in [0.25, 0.3) is 0 Å². The Balaban J connectivity index is 1.89. The van der Waals surface area contributed by atoms with E-state index in [2.05, 4.69) is 10.6 Å². The summed E-state index contributed by atoms with van der Waals surface area (Å²) in [4.78, 5) is 23.0. The minimum atomic E-state index is -1.07. The molecule has 2 amide bonds. The maximum absolute atomic E-state index is 11.7. The van der Waals surface area contributed by atoms with Crippen LogP contribution in [0.4, 0.5) is 4.79 Å². The van der Waals surface area contributed by atoms with Gasteiger partial charge >= 0.3 is 12.0 Å². The van der Waals surface area contributed by atoms with Crippen LogP contribution in [0.5, 0.6) is 0 Å². The second-order valence-corrected chi connectivity index (χ2v) is 4.75. The van der Waals surface area contributed by atoms with Gasteiger partial charge in [0.05, 0.1) is 12.6 Å². The van der Waals surface area contributed by atoms with Gasteiger partial charge in [-0.05, 0) is 19.3 Å². The molecule has 1 heterocycles. The van der Waals surface area contributed by atoms with Crippen LogP contribution in [-0.2, 0) is 9.53 Å². The number of ether oxygens (including phenoxy) is 1. The van der Waals surface area contributed by atoms with E-state index in [9.17, 15) is 14.7 Å². The maximum Gasteiger partial charge on any atom is 0.329 e. The van der Waals surface area contributed by atoms with Crippen molar-refractivity contribution in [2.24, 2.45) is 0 Å². The number of carbonyl (C=O) groups excluding carboxylic acids is 1. The molecule has 1 aliphatic carbocycles. The van der Waals surface area contributed by atoms with Crippen LogP contribution >= 0.6 is 0 Å². The van der Waals surface area contributed by atoms with Crippen molar-refractivity contribution in [1.29, 1.82) is 0 Å². The number of carboxylic acid groups (broad SMARTS) is 1. The van der Waals surface area contributed by atoms with Crippen molar-refractivity contribution in [3.05, 3.63) is 0 Å². The Morgan fingerprint density at radius 3 is 2.53 bits per heavy atom. The summed E-state index contributed by atoms with van der Waals surface area (Å²) in [6, 6.07) is -0.396. The molecule has 0 aromatic carbocycles. The molecule has 1 atom stereocenters. The normalized spacial score (nSPS) is 26.7. The SMILES string of the molecule is O=C(NC1CCOC1)NC1(C(=O)O)CCCC1. The minimum absolute atomic E-state index is 0.00208. The number of nitrogens with one attached hydrogen (secondary N) is 2. The fourth-order valence-corrected chi connectivity index (χ4v) is 2.46. The lowest BCUT2D eigenvalue weighted by atomic mass is 9.98. The number of carbonyl (C=O) groups is 2. The Morgan fingerprint density at radius 2 is 2.00 bits per heavy atom. The van der Waals surface area contributed by atoms with Gasteiger partial charge in [-0.2, -0.15) is 0 Å². The lowest BCUT2D eigenvalue weighted by molar-refractivity contribution is -0.144. The van der Waals surface area contributed by atoms with E-state index in [-0.39, 0.29) is 6.04 Å². The fraction of sp³-hybridized carbons (Fsp3) is 0.818. The predicted molar refractivity (Wildman–Crippen MR) is 59.7 cm³/mol. The molecule has 2 aliphatic rings. The Labute approximate surface area is 99.7 Å². The molecule has 17 heavy (non-hydrogen) atoms. The van der Waals surface area contributed by atoms with Crippen molar-refractivity contribution >= 4 is 12.0 Å². The van der Waals surface area contributed by atoms with Crippen LogP contribution in [-0.4, -0.2) is 41.9 Å². The minimum Gasteiger partial charge on any atom is -0.480 e. The van der Waals surface area contributed by atoms with Crippen LogP contribution < -0.4 is 10.6 Å². The summed E-state index contributed by atoms with van der Waals surface area (Å²) < 4.78 is 5.14. The third kappa shape index (κ3) is 2.69. The van der Waals surface area contributed by atoms with Crippen LogP contribution in [0.15, 0.2) is 0 Å². The second-order valence-electron chi connectivity index (χ2n) is 4.75. The van der Waals surface area contributed by atoms with Gasteiger partial charge in [-0.25, -0.2) is 9.59 Å². The first-order valence-electron chi connectivity index (χ1n) is 6.02. The molecule has 1 unspecified atom stereocenters. The Hall–Kier alpha value is -1.30. The highest BCUT2D eigenvalue weighted by Gasteiger charge is 2.42. The third-order valence-electron chi connectivity index (χ3n) is 3.48. The molecular formula is C11H18N2O4. The first-order valence-corrected chi connectivity index (χ1v) is 6.02. The summed E-state index contributed by atoms with van der Waals surface area (Å²) >= 11 is 0. The summed E-state index contributed by atoms with van der Waals surface area (Å²) in [5.74, 6) is -0.937. The molecule has 96 valence electrons. The topological polar surface area (TPSA) is 87.7 Å². The van der Waals surface area contributed by atoms with E-state index >= 15 is 0 Å². The quantitative estimate of drug-likeness (QED) is 0.671. The average molecular weight is 242 g/mol. The maximum atomic E-state index is 11.7. The van der Waals surface area contributed by atoms with Gasteiger partial charge in [0.2, 0.25) is 0 Å². The van der Waals surface area contributed by atoms with Crippen molar-refractivity contribution in [3.8, 4) is 0 Å². The summed E-state index contributed by atoms with van der Waals surface area (Å²) in [6.07, 6.45) is 3.50. The van der Waals surface area contributed by atoms with Gasteiger partial charge in [0, 0.05) is 6.61 Å². The summed E-state index contributed by atoms with van der Waals surface area (Å²) in [5, 5.41) is 14.6. The van der Waals surface area contributed by atoms with Crippen LogP contribution in [0.25, 0.3) is 0 Å². The van der Waals surface area contributed by atoms with Crippen molar-refractivity contribution in [3.63, 3.8) is 0 Å². The monoisotopic (exact) mass is 242 g/mol. The first kappa shape index (κ1) is 12.2. The van der Waals surface area contributed by atoms with Crippen LogP contribution in [0.1, 0.15) is 32.1 Å². The smallest absolute Gasteiger partial charge is 0.329 e. The number of hydrogen-bond donors (Lipinski definition) is 3. The fourth-order valence-electron chi connectivity index (χ4n) is 2.46. The molecule has 0 radical (unpaired) electrons. The highest BCUT2D eigenvalue weighted by Crippen LogP contribution is 2.29. The first-order chi connectivity index (χ1) is 8.12. The number of aliphatic carboxylic acids is 1. The molecule has 2 fully saturated rings. The van der Waals surface area contributed by atoms with Gasteiger partial charge in [0.1, 0.15) is 5.54 Å². The summed E-state index contributed by atoms with van der Waals surface area (Å²) in [6.45, 7) is 1.16. The molecule has 1 saturated carbocycles. The van der Waals surface area contributed by atoms with Gasteiger partial charge in [-0.15, -0.1) is 0 Å². The number of hydrogen-bond acceptors (Lipinski definition) is 3. The summed E-state index contributed by atoms with van der Waals surface area (Å²) in [5.41, 5.74) is -1.07. The molecule has 0 spiro atoms.